The first-order valence-corrected chi connectivity index (χ1v) is 5.58. The third-order valence-corrected chi connectivity index (χ3v) is 3.14. The van der Waals surface area contributed by atoms with E-state index in [1.807, 2.05) is 12.1 Å². The van der Waals surface area contributed by atoms with Crippen LogP contribution in [0.25, 0.3) is 0 Å². The molecule has 0 atom stereocenters. The van der Waals surface area contributed by atoms with Crippen LogP contribution >= 0.6 is 0 Å². The molecule has 86 valence electrons. The molecule has 1 heterocycles. The van der Waals surface area contributed by atoms with Gasteiger partial charge in [-0.3, -0.25) is 4.79 Å². The zero-order valence-corrected chi connectivity index (χ0v) is 9.73. The normalized spacial score (nSPS) is 16.1. The van der Waals surface area contributed by atoms with Gasteiger partial charge in [0.2, 0.25) is 5.91 Å². The van der Waals surface area contributed by atoms with E-state index < -0.39 is 0 Å². The van der Waals surface area contributed by atoms with Crippen molar-refractivity contribution in [2.75, 3.05) is 13.1 Å². The van der Waals surface area contributed by atoms with Crippen molar-refractivity contribution >= 4 is 5.91 Å². The number of hydrogen-bond acceptors (Lipinski definition) is 2. The summed E-state index contributed by atoms with van der Waals surface area (Å²) in [6.07, 6.45) is 0.122. The molecule has 1 aromatic carbocycles. The van der Waals surface area contributed by atoms with Crippen LogP contribution in [0.3, 0.4) is 0 Å². The molecule has 3 heteroatoms. The summed E-state index contributed by atoms with van der Waals surface area (Å²) in [5.41, 5.74) is 3.51. The Bertz CT molecular complexity index is 408. The van der Waals surface area contributed by atoms with Crippen molar-refractivity contribution in [3.63, 3.8) is 0 Å². The molecule has 0 aromatic heterocycles. The van der Waals surface area contributed by atoms with Crippen LogP contribution in [0.2, 0.25) is 0 Å². The van der Waals surface area contributed by atoms with Gasteiger partial charge < -0.3 is 10.0 Å². The minimum Gasteiger partial charge on any atom is -0.389 e. The summed E-state index contributed by atoms with van der Waals surface area (Å²) in [5, 5.41) is 9.12. The number of nitrogens with zero attached hydrogens (tertiary/aromatic N) is 1. The van der Waals surface area contributed by atoms with E-state index in [9.17, 15) is 4.79 Å². The average molecular weight is 219 g/mol. The first kappa shape index (κ1) is 11.1. The number of benzene rings is 1. The standard InChI is InChI=1S/C13H17NO2/c1-9-3-4-11(5-10(9)2)6-13(16)14-7-12(15)8-14/h3-5,12,15H,6-8H2,1-2H3. The molecule has 0 bridgehead atoms. The fourth-order valence-electron chi connectivity index (χ4n) is 1.86. The van der Waals surface area contributed by atoms with Crippen molar-refractivity contribution in [1.82, 2.24) is 4.90 Å². The van der Waals surface area contributed by atoms with Gasteiger partial charge in [0.1, 0.15) is 0 Å². The molecule has 0 aliphatic carbocycles. The van der Waals surface area contributed by atoms with Crippen LogP contribution in [0.5, 0.6) is 0 Å². The highest BCUT2D eigenvalue weighted by Crippen LogP contribution is 2.14. The Balaban J connectivity index is 1.98. The molecular formula is C13H17NO2. The van der Waals surface area contributed by atoms with E-state index in [1.54, 1.807) is 4.90 Å². The predicted octanol–water partition coefficient (Wildman–Crippen LogP) is 1.05. The fraction of sp³-hybridized carbons (Fsp3) is 0.462. The number of β-amino-alcohol motifs (C(OH)–C–C–N with tert-alkyl or cyclic N) is 1. The molecule has 1 aliphatic rings. The van der Waals surface area contributed by atoms with Crippen LogP contribution in [-0.4, -0.2) is 35.1 Å². The van der Waals surface area contributed by atoms with Crippen molar-refractivity contribution in [2.45, 2.75) is 26.4 Å². The number of carbonyl (C=O) groups excluding carboxylic acids is 1. The lowest BCUT2D eigenvalue weighted by molar-refractivity contribution is -0.140. The smallest absolute Gasteiger partial charge is 0.227 e. The van der Waals surface area contributed by atoms with Crippen molar-refractivity contribution in [2.24, 2.45) is 0 Å². The molecular weight excluding hydrogens is 202 g/mol. The van der Waals surface area contributed by atoms with Crippen LogP contribution in [0.4, 0.5) is 0 Å². The molecule has 0 spiro atoms. The summed E-state index contributed by atoms with van der Waals surface area (Å²) in [4.78, 5) is 13.4. The monoisotopic (exact) mass is 219 g/mol. The Morgan fingerprint density at radius 2 is 2.06 bits per heavy atom. The predicted molar refractivity (Wildman–Crippen MR) is 62.2 cm³/mol. The zero-order valence-electron chi connectivity index (χ0n) is 9.73. The Kier molecular flexibility index (Phi) is 2.97. The number of hydrogen-bond donors (Lipinski definition) is 1. The first-order chi connectivity index (χ1) is 7.56. The number of rotatable bonds is 2. The van der Waals surface area contributed by atoms with Crippen molar-refractivity contribution in [3.05, 3.63) is 34.9 Å². The van der Waals surface area contributed by atoms with E-state index in [-0.39, 0.29) is 12.0 Å². The maximum Gasteiger partial charge on any atom is 0.227 e. The van der Waals surface area contributed by atoms with E-state index in [1.165, 1.54) is 11.1 Å². The number of aliphatic hydroxyl groups is 1. The van der Waals surface area contributed by atoms with E-state index in [0.29, 0.717) is 19.5 Å². The SMILES string of the molecule is Cc1ccc(CC(=O)N2CC(O)C2)cc1C. The summed E-state index contributed by atoms with van der Waals surface area (Å²) < 4.78 is 0. The van der Waals surface area contributed by atoms with Crippen LogP contribution in [-0.2, 0) is 11.2 Å². The summed E-state index contributed by atoms with van der Waals surface area (Å²) in [6.45, 7) is 5.09. The second kappa shape index (κ2) is 4.26. The Labute approximate surface area is 95.7 Å². The van der Waals surface area contributed by atoms with Gasteiger partial charge in [0.05, 0.1) is 12.5 Å². The number of aliphatic hydroxyl groups excluding tert-OH is 1. The Hall–Kier alpha value is -1.35. The van der Waals surface area contributed by atoms with E-state index in [4.69, 9.17) is 5.11 Å². The number of likely N-dealkylation sites (tertiary alicyclic amines) is 1. The summed E-state index contributed by atoms with van der Waals surface area (Å²) >= 11 is 0. The van der Waals surface area contributed by atoms with Crippen LogP contribution < -0.4 is 0 Å². The second-order valence-corrected chi connectivity index (χ2v) is 4.55. The van der Waals surface area contributed by atoms with Gasteiger partial charge in [0.25, 0.3) is 0 Å². The summed E-state index contributed by atoms with van der Waals surface area (Å²) in [7, 11) is 0. The molecule has 1 fully saturated rings. The third kappa shape index (κ3) is 2.25. The first-order valence-electron chi connectivity index (χ1n) is 5.58. The molecule has 1 N–H and O–H groups in total. The van der Waals surface area contributed by atoms with Gasteiger partial charge in [-0.15, -0.1) is 0 Å². The second-order valence-electron chi connectivity index (χ2n) is 4.55. The van der Waals surface area contributed by atoms with Gasteiger partial charge in [-0.1, -0.05) is 18.2 Å². The maximum atomic E-state index is 11.8. The summed E-state index contributed by atoms with van der Waals surface area (Å²) in [6, 6.07) is 6.10. The van der Waals surface area contributed by atoms with Crippen molar-refractivity contribution in [3.8, 4) is 0 Å². The maximum absolute atomic E-state index is 11.8. The van der Waals surface area contributed by atoms with Crippen LogP contribution in [0.15, 0.2) is 18.2 Å². The van der Waals surface area contributed by atoms with E-state index in [2.05, 4.69) is 19.9 Å². The lowest BCUT2D eigenvalue weighted by Crippen LogP contribution is -2.53. The third-order valence-electron chi connectivity index (χ3n) is 3.14. The van der Waals surface area contributed by atoms with E-state index >= 15 is 0 Å². The quantitative estimate of drug-likeness (QED) is 0.807. The summed E-state index contributed by atoms with van der Waals surface area (Å²) in [5.74, 6) is 0.105. The number of aryl methyl sites for hydroxylation is 2. The van der Waals surface area contributed by atoms with Crippen molar-refractivity contribution < 1.29 is 9.90 Å². The molecule has 1 saturated heterocycles. The Morgan fingerprint density at radius 3 is 2.62 bits per heavy atom. The van der Waals surface area contributed by atoms with Gasteiger partial charge in [0, 0.05) is 13.1 Å². The molecule has 1 aromatic rings. The van der Waals surface area contributed by atoms with Crippen LogP contribution in [0, 0.1) is 13.8 Å². The van der Waals surface area contributed by atoms with Gasteiger partial charge in [0.15, 0.2) is 0 Å². The van der Waals surface area contributed by atoms with Gasteiger partial charge >= 0.3 is 0 Å². The number of carbonyl (C=O) groups is 1. The minimum atomic E-state index is -0.316. The molecule has 0 radical (unpaired) electrons. The topological polar surface area (TPSA) is 40.5 Å². The lowest BCUT2D eigenvalue weighted by atomic mass is 10.0. The fourth-order valence-corrected chi connectivity index (χ4v) is 1.86. The molecule has 1 amide bonds. The molecule has 16 heavy (non-hydrogen) atoms. The molecule has 1 aliphatic heterocycles. The highest BCUT2D eigenvalue weighted by atomic mass is 16.3. The molecule has 3 nitrogen and oxygen atoms in total. The van der Waals surface area contributed by atoms with Crippen LogP contribution in [0.1, 0.15) is 16.7 Å². The largest absolute Gasteiger partial charge is 0.389 e. The van der Waals surface area contributed by atoms with Crippen molar-refractivity contribution in [1.29, 1.82) is 0 Å². The average Bonchev–Trinajstić information content (AvgIpc) is 2.19. The minimum absolute atomic E-state index is 0.105. The Morgan fingerprint density at radius 1 is 1.38 bits per heavy atom. The lowest BCUT2D eigenvalue weighted by Gasteiger charge is -2.36. The highest BCUT2D eigenvalue weighted by Gasteiger charge is 2.28. The molecule has 0 saturated carbocycles. The molecule has 2 rings (SSSR count). The van der Waals surface area contributed by atoms with Gasteiger partial charge in [-0.2, -0.15) is 0 Å². The van der Waals surface area contributed by atoms with Gasteiger partial charge in [-0.25, -0.2) is 0 Å². The van der Waals surface area contributed by atoms with Gasteiger partial charge in [-0.05, 0) is 30.5 Å². The molecule has 0 unspecified atom stereocenters. The number of amides is 1. The van der Waals surface area contributed by atoms with E-state index in [0.717, 1.165) is 5.56 Å². The highest BCUT2D eigenvalue weighted by molar-refractivity contribution is 5.79. The zero-order chi connectivity index (χ0) is 11.7.